The Balaban J connectivity index is 2.01. The SMILES string of the molecule is CC[C@H](C)[C@H](NC(=O)Cc1csc(-c2ccccc2)n1)C(=O)O. The van der Waals surface area contributed by atoms with E-state index < -0.39 is 12.0 Å². The van der Waals surface area contributed by atoms with Gasteiger partial charge in [0.25, 0.3) is 0 Å². The van der Waals surface area contributed by atoms with E-state index in [0.29, 0.717) is 12.1 Å². The lowest BCUT2D eigenvalue weighted by Gasteiger charge is -2.19. The molecule has 1 aromatic carbocycles. The summed E-state index contributed by atoms with van der Waals surface area (Å²) in [7, 11) is 0. The van der Waals surface area contributed by atoms with E-state index in [-0.39, 0.29) is 18.2 Å². The molecule has 5 nitrogen and oxygen atoms in total. The van der Waals surface area contributed by atoms with Crippen molar-refractivity contribution in [1.29, 1.82) is 0 Å². The molecule has 6 heteroatoms. The Kier molecular flexibility index (Phi) is 5.87. The monoisotopic (exact) mass is 332 g/mol. The van der Waals surface area contributed by atoms with Crippen molar-refractivity contribution in [3.05, 3.63) is 41.4 Å². The van der Waals surface area contributed by atoms with Crippen LogP contribution in [0.1, 0.15) is 26.0 Å². The number of nitrogens with zero attached hydrogens (tertiary/aromatic N) is 1. The molecule has 2 atom stereocenters. The average molecular weight is 332 g/mol. The molecular formula is C17H20N2O3S. The minimum Gasteiger partial charge on any atom is -0.480 e. The van der Waals surface area contributed by atoms with Crippen molar-refractivity contribution in [2.45, 2.75) is 32.7 Å². The second-order valence-electron chi connectivity index (χ2n) is 5.46. The van der Waals surface area contributed by atoms with Crippen molar-refractivity contribution in [3.8, 4) is 10.6 Å². The van der Waals surface area contributed by atoms with Gasteiger partial charge in [0, 0.05) is 10.9 Å². The van der Waals surface area contributed by atoms with Gasteiger partial charge in [0.05, 0.1) is 12.1 Å². The fraction of sp³-hybridized carbons (Fsp3) is 0.353. The summed E-state index contributed by atoms with van der Waals surface area (Å²) in [5, 5.41) is 14.5. The van der Waals surface area contributed by atoms with E-state index in [1.165, 1.54) is 11.3 Å². The van der Waals surface area contributed by atoms with Crippen LogP contribution >= 0.6 is 11.3 Å². The molecule has 1 amide bonds. The molecule has 0 aliphatic carbocycles. The number of aliphatic carboxylic acids is 1. The van der Waals surface area contributed by atoms with Crippen LogP contribution in [-0.2, 0) is 16.0 Å². The van der Waals surface area contributed by atoms with Gasteiger partial charge in [0.15, 0.2) is 0 Å². The minimum absolute atomic E-state index is 0.0869. The molecule has 0 aliphatic heterocycles. The highest BCUT2D eigenvalue weighted by atomic mass is 32.1. The fourth-order valence-electron chi connectivity index (χ4n) is 2.17. The molecule has 1 heterocycles. The summed E-state index contributed by atoms with van der Waals surface area (Å²) < 4.78 is 0. The Morgan fingerprint density at radius 1 is 1.30 bits per heavy atom. The van der Waals surface area contributed by atoms with E-state index >= 15 is 0 Å². The van der Waals surface area contributed by atoms with Crippen LogP contribution in [-0.4, -0.2) is 28.0 Å². The maximum absolute atomic E-state index is 12.1. The van der Waals surface area contributed by atoms with Gasteiger partial charge in [0.1, 0.15) is 11.0 Å². The number of aromatic nitrogens is 1. The van der Waals surface area contributed by atoms with Crippen molar-refractivity contribution in [1.82, 2.24) is 10.3 Å². The van der Waals surface area contributed by atoms with Crippen LogP contribution in [0.15, 0.2) is 35.7 Å². The summed E-state index contributed by atoms with van der Waals surface area (Å²) in [6.07, 6.45) is 0.773. The number of carboxylic acids is 1. The normalized spacial score (nSPS) is 13.3. The van der Waals surface area contributed by atoms with Gasteiger partial charge in [-0.25, -0.2) is 9.78 Å². The molecule has 2 N–H and O–H groups in total. The lowest BCUT2D eigenvalue weighted by Crippen LogP contribution is -2.45. The largest absolute Gasteiger partial charge is 0.480 e. The minimum atomic E-state index is -1.00. The van der Waals surface area contributed by atoms with Crippen LogP contribution in [0.4, 0.5) is 0 Å². The number of nitrogens with one attached hydrogen (secondary N) is 1. The number of thiazole rings is 1. The summed E-state index contributed by atoms with van der Waals surface area (Å²) in [5.74, 6) is -1.44. The van der Waals surface area contributed by atoms with E-state index in [1.807, 2.05) is 49.6 Å². The Morgan fingerprint density at radius 2 is 2.00 bits per heavy atom. The summed E-state index contributed by atoms with van der Waals surface area (Å²) in [6.45, 7) is 3.72. The second-order valence-corrected chi connectivity index (χ2v) is 6.31. The van der Waals surface area contributed by atoms with Gasteiger partial charge in [-0.3, -0.25) is 4.79 Å². The van der Waals surface area contributed by atoms with Crippen LogP contribution in [0, 0.1) is 5.92 Å². The molecule has 1 aromatic heterocycles. The van der Waals surface area contributed by atoms with Gasteiger partial charge in [-0.15, -0.1) is 11.3 Å². The van der Waals surface area contributed by atoms with Gasteiger partial charge in [-0.2, -0.15) is 0 Å². The predicted octanol–water partition coefficient (Wildman–Crippen LogP) is 2.97. The van der Waals surface area contributed by atoms with Gasteiger partial charge in [-0.1, -0.05) is 50.6 Å². The summed E-state index contributed by atoms with van der Waals surface area (Å²) in [4.78, 5) is 27.8. The maximum Gasteiger partial charge on any atom is 0.326 e. The van der Waals surface area contributed by atoms with Crippen LogP contribution in [0.5, 0.6) is 0 Å². The predicted molar refractivity (Wildman–Crippen MR) is 90.3 cm³/mol. The molecule has 2 aromatic rings. The molecule has 23 heavy (non-hydrogen) atoms. The number of amides is 1. The highest BCUT2D eigenvalue weighted by Crippen LogP contribution is 2.23. The second kappa shape index (κ2) is 7.87. The molecule has 122 valence electrons. The Morgan fingerprint density at radius 3 is 2.61 bits per heavy atom. The molecule has 2 rings (SSSR count). The number of carboxylic acid groups (broad SMARTS) is 1. The third-order valence-electron chi connectivity index (χ3n) is 3.71. The molecule has 0 radical (unpaired) electrons. The number of benzene rings is 1. The number of hydrogen-bond donors (Lipinski definition) is 2. The van der Waals surface area contributed by atoms with E-state index in [4.69, 9.17) is 0 Å². The molecule has 0 spiro atoms. The molecule has 0 saturated carbocycles. The van der Waals surface area contributed by atoms with Crippen LogP contribution in [0.2, 0.25) is 0 Å². The molecule has 0 aliphatic rings. The topological polar surface area (TPSA) is 79.3 Å². The first-order chi connectivity index (χ1) is 11.0. The number of carbonyl (C=O) groups is 2. The average Bonchev–Trinajstić information content (AvgIpc) is 3.01. The van der Waals surface area contributed by atoms with Gasteiger partial charge in [0.2, 0.25) is 5.91 Å². The molecule has 0 unspecified atom stereocenters. The standard InChI is InChI=1S/C17H20N2O3S/c1-3-11(2)15(17(21)22)19-14(20)9-13-10-23-16(18-13)12-7-5-4-6-8-12/h4-8,10-11,15H,3,9H2,1-2H3,(H,19,20)(H,21,22)/t11-,15-/m0/s1. The molecule has 0 fully saturated rings. The van der Waals surface area contributed by atoms with Gasteiger partial charge >= 0.3 is 5.97 Å². The van der Waals surface area contributed by atoms with E-state index in [9.17, 15) is 14.7 Å². The van der Waals surface area contributed by atoms with Crippen molar-refractivity contribution >= 4 is 23.2 Å². The van der Waals surface area contributed by atoms with Crippen LogP contribution in [0.3, 0.4) is 0 Å². The third-order valence-corrected chi connectivity index (χ3v) is 4.65. The number of hydrogen-bond acceptors (Lipinski definition) is 4. The smallest absolute Gasteiger partial charge is 0.326 e. The zero-order chi connectivity index (χ0) is 16.8. The third kappa shape index (κ3) is 4.63. The van der Waals surface area contributed by atoms with Gasteiger partial charge < -0.3 is 10.4 Å². The lowest BCUT2D eigenvalue weighted by molar-refractivity contribution is -0.143. The summed E-state index contributed by atoms with van der Waals surface area (Å²) >= 11 is 1.47. The van der Waals surface area contributed by atoms with Crippen molar-refractivity contribution < 1.29 is 14.7 Å². The summed E-state index contributed by atoms with van der Waals surface area (Å²) in [6, 6.07) is 8.88. The zero-order valence-electron chi connectivity index (χ0n) is 13.2. The van der Waals surface area contributed by atoms with Gasteiger partial charge in [-0.05, 0) is 5.92 Å². The quantitative estimate of drug-likeness (QED) is 0.817. The van der Waals surface area contributed by atoms with Crippen molar-refractivity contribution in [2.24, 2.45) is 5.92 Å². The number of carbonyl (C=O) groups excluding carboxylic acids is 1. The highest BCUT2D eigenvalue weighted by molar-refractivity contribution is 7.13. The number of rotatable bonds is 7. The first-order valence-electron chi connectivity index (χ1n) is 7.53. The van der Waals surface area contributed by atoms with E-state index in [0.717, 1.165) is 10.6 Å². The highest BCUT2D eigenvalue weighted by Gasteiger charge is 2.25. The Hall–Kier alpha value is -2.21. The first-order valence-corrected chi connectivity index (χ1v) is 8.41. The zero-order valence-corrected chi connectivity index (χ0v) is 14.0. The molecular weight excluding hydrogens is 312 g/mol. The maximum atomic E-state index is 12.1. The van der Waals surface area contributed by atoms with Crippen LogP contribution < -0.4 is 5.32 Å². The Bertz CT molecular complexity index is 669. The lowest BCUT2D eigenvalue weighted by atomic mass is 9.99. The molecule has 0 bridgehead atoms. The van der Waals surface area contributed by atoms with Crippen LogP contribution in [0.25, 0.3) is 10.6 Å². The van der Waals surface area contributed by atoms with E-state index in [2.05, 4.69) is 10.3 Å². The Labute approximate surface area is 139 Å². The van der Waals surface area contributed by atoms with E-state index in [1.54, 1.807) is 0 Å². The van der Waals surface area contributed by atoms with Crippen molar-refractivity contribution in [2.75, 3.05) is 0 Å². The molecule has 0 saturated heterocycles. The summed E-state index contributed by atoms with van der Waals surface area (Å²) in [5.41, 5.74) is 1.66. The first kappa shape index (κ1) is 17.1. The van der Waals surface area contributed by atoms with Crippen molar-refractivity contribution in [3.63, 3.8) is 0 Å². The fourth-order valence-corrected chi connectivity index (χ4v) is 3.00.